The summed E-state index contributed by atoms with van der Waals surface area (Å²) in [6.07, 6.45) is 4.60. The largest absolute Gasteiger partial charge is 0.395 e. The van der Waals surface area contributed by atoms with Crippen LogP contribution in [0.4, 0.5) is 5.82 Å². The van der Waals surface area contributed by atoms with Gasteiger partial charge >= 0.3 is 0 Å². The highest BCUT2D eigenvalue weighted by Gasteiger charge is 2.31. The summed E-state index contributed by atoms with van der Waals surface area (Å²) >= 11 is 0. The minimum atomic E-state index is -3.49. The van der Waals surface area contributed by atoms with Crippen molar-refractivity contribution in [1.29, 1.82) is 0 Å². The molecule has 0 atom stereocenters. The SMILES string of the molecule is O=S(=O)(c1cccnc1N1CCN(CCO)CC1)N1CCCCC1. The molecule has 8 heteroatoms. The van der Waals surface area contributed by atoms with Crippen LogP contribution >= 0.6 is 0 Å². The van der Waals surface area contributed by atoms with Gasteiger partial charge in [0, 0.05) is 52.0 Å². The lowest BCUT2D eigenvalue weighted by Gasteiger charge is -2.36. The maximum atomic E-state index is 13.0. The van der Waals surface area contributed by atoms with Gasteiger partial charge in [0.2, 0.25) is 10.0 Å². The summed E-state index contributed by atoms with van der Waals surface area (Å²) in [6, 6.07) is 3.37. The Morgan fingerprint density at radius 2 is 1.75 bits per heavy atom. The first kappa shape index (κ1) is 17.6. The number of hydrogen-bond donors (Lipinski definition) is 1. The highest BCUT2D eigenvalue weighted by atomic mass is 32.2. The first-order valence-corrected chi connectivity index (χ1v) is 10.1. The van der Waals surface area contributed by atoms with E-state index in [1.54, 1.807) is 22.6 Å². The Kier molecular flexibility index (Phi) is 5.70. The lowest BCUT2D eigenvalue weighted by Crippen LogP contribution is -2.48. The number of rotatable bonds is 5. The van der Waals surface area contributed by atoms with E-state index in [2.05, 4.69) is 9.88 Å². The third-order valence-corrected chi connectivity index (χ3v) is 6.69. The fourth-order valence-electron chi connectivity index (χ4n) is 3.39. The molecule has 0 aromatic carbocycles. The Labute approximate surface area is 143 Å². The van der Waals surface area contributed by atoms with Gasteiger partial charge in [0.15, 0.2) is 0 Å². The normalized spacial score (nSPS) is 21.1. The van der Waals surface area contributed by atoms with Gasteiger partial charge in [-0.2, -0.15) is 4.31 Å². The zero-order chi connectivity index (χ0) is 17.0. The number of aromatic nitrogens is 1. The van der Waals surface area contributed by atoms with Crippen molar-refractivity contribution in [2.45, 2.75) is 24.2 Å². The molecule has 0 amide bonds. The summed E-state index contributed by atoms with van der Waals surface area (Å²) < 4.78 is 27.7. The second-order valence-corrected chi connectivity index (χ2v) is 8.25. The summed E-state index contributed by atoms with van der Waals surface area (Å²) in [5.41, 5.74) is 0. The number of piperidine rings is 1. The summed E-state index contributed by atoms with van der Waals surface area (Å²) in [6.45, 7) is 5.06. The summed E-state index contributed by atoms with van der Waals surface area (Å²) in [4.78, 5) is 8.93. The molecule has 0 unspecified atom stereocenters. The van der Waals surface area contributed by atoms with Gasteiger partial charge in [0.1, 0.15) is 10.7 Å². The monoisotopic (exact) mass is 354 g/mol. The maximum Gasteiger partial charge on any atom is 0.246 e. The number of sulfonamides is 1. The van der Waals surface area contributed by atoms with Crippen LogP contribution in [0, 0.1) is 0 Å². The van der Waals surface area contributed by atoms with Gasteiger partial charge in [-0.15, -0.1) is 0 Å². The third-order valence-electron chi connectivity index (χ3n) is 4.77. The van der Waals surface area contributed by atoms with Crippen molar-refractivity contribution < 1.29 is 13.5 Å². The van der Waals surface area contributed by atoms with Crippen molar-refractivity contribution in [1.82, 2.24) is 14.2 Å². The molecule has 0 spiro atoms. The standard InChI is InChI=1S/C16H26N4O3S/c21-14-13-18-9-11-19(12-10-18)16-15(5-4-6-17-16)24(22,23)20-7-2-1-3-8-20/h4-6,21H,1-3,7-14H2. The molecule has 0 aliphatic carbocycles. The Bertz CT molecular complexity index is 638. The molecule has 0 bridgehead atoms. The Morgan fingerprint density at radius 3 is 2.42 bits per heavy atom. The molecule has 2 saturated heterocycles. The van der Waals surface area contributed by atoms with Gasteiger partial charge in [0.05, 0.1) is 6.61 Å². The van der Waals surface area contributed by atoms with E-state index in [0.717, 1.165) is 45.4 Å². The number of nitrogens with zero attached hydrogens (tertiary/aromatic N) is 4. The van der Waals surface area contributed by atoms with Gasteiger partial charge in [0.25, 0.3) is 0 Å². The van der Waals surface area contributed by atoms with Crippen molar-refractivity contribution >= 4 is 15.8 Å². The summed E-state index contributed by atoms with van der Waals surface area (Å²) in [5, 5.41) is 9.04. The van der Waals surface area contributed by atoms with Crippen LogP contribution in [0.25, 0.3) is 0 Å². The minimum Gasteiger partial charge on any atom is -0.395 e. The van der Waals surface area contributed by atoms with Crippen LogP contribution < -0.4 is 4.90 Å². The molecular formula is C16H26N4O3S. The van der Waals surface area contributed by atoms with Crippen LogP contribution in [0.3, 0.4) is 0 Å². The van der Waals surface area contributed by atoms with Crippen molar-refractivity contribution in [3.8, 4) is 0 Å². The molecule has 3 rings (SSSR count). The molecule has 1 aromatic rings. The van der Waals surface area contributed by atoms with Crippen molar-refractivity contribution in [3.63, 3.8) is 0 Å². The number of pyridine rings is 1. The molecule has 2 fully saturated rings. The van der Waals surface area contributed by atoms with Crippen LogP contribution in [-0.4, -0.2) is 80.1 Å². The number of aliphatic hydroxyl groups excluding tert-OH is 1. The molecule has 2 aliphatic heterocycles. The summed E-state index contributed by atoms with van der Waals surface area (Å²) in [7, 11) is -3.49. The Morgan fingerprint density at radius 1 is 1.04 bits per heavy atom. The van der Waals surface area contributed by atoms with E-state index >= 15 is 0 Å². The van der Waals surface area contributed by atoms with Crippen LogP contribution in [-0.2, 0) is 10.0 Å². The van der Waals surface area contributed by atoms with Crippen molar-refractivity contribution in [2.75, 3.05) is 57.3 Å². The fourth-order valence-corrected chi connectivity index (χ4v) is 5.07. The highest BCUT2D eigenvalue weighted by Crippen LogP contribution is 2.28. The smallest absolute Gasteiger partial charge is 0.246 e. The first-order chi connectivity index (χ1) is 11.6. The van der Waals surface area contributed by atoms with Crippen LogP contribution in [0.5, 0.6) is 0 Å². The molecule has 0 saturated carbocycles. The topological polar surface area (TPSA) is 77.0 Å². The van der Waals surface area contributed by atoms with Crippen LogP contribution in [0.2, 0.25) is 0 Å². The van der Waals surface area contributed by atoms with Gasteiger partial charge in [-0.3, -0.25) is 4.90 Å². The predicted octanol–water partition coefficient (Wildman–Crippen LogP) is 0.371. The molecule has 7 nitrogen and oxygen atoms in total. The molecule has 2 aliphatic rings. The predicted molar refractivity (Wildman–Crippen MR) is 92.6 cm³/mol. The summed E-state index contributed by atoms with van der Waals surface area (Å²) in [5.74, 6) is 0.562. The molecule has 24 heavy (non-hydrogen) atoms. The lowest BCUT2D eigenvalue weighted by atomic mass is 10.2. The van der Waals surface area contributed by atoms with E-state index in [4.69, 9.17) is 5.11 Å². The average Bonchev–Trinajstić information content (AvgIpc) is 2.63. The van der Waals surface area contributed by atoms with Crippen molar-refractivity contribution in [2.24, 2.45) is 0 Å². The van der Waals surface area contributed by atoms with Gasteiger partial charge < -0.3 is 10.0 Å². The fraction of sp³-hybridized carbons (Fsp3) is 0.688. The number of piperazine rings is 1. The number of hydrogen-bond acceptors (Lipinski definition) is 6. The Balaban J connectivity index is 1.81. The van der Waals surface area contributed by atoms with Gasteiger partial charge in [-0.1, -0.05) is 6.42 Å². The van der Waals surface area contributed by atoms with Crippen molar-refractivity contribution in [3.05, 3.63) is 18.3 Å². The second-order valence-electron chi connectivity index (χ2n) is 6.34. The molecule has 1 aromatic heterocycles. The molecular weight excluding hydrogens is 328 g/mol. The van der Waals surface area contributed by atoms with E-state index in [-0.39, 0.29) is 6.61 Å². The van der Waals surface area contributed by atoms with Crippen LogP contribution in [0.1, 0.15) is 19.3 Å². The first-order valence-electron chi connectivity index (χ1n) is 8.66. The molecule has 1 N–H and O–H groups in total. The lowest BCUT2D eigenvalue weighted by molar-refractivity contribution is 0.188. The number of anilines is 1. The average molecular weight is 354 g/mol. The Hall–Kier alpha value is -1.22. The zero-order valence-corrected chi connectivity index (χ0v) is 14.8. The van der Waals surface area contributed by atoms with E-state index in [1.807, 2.05) is 4.90 Å². The zero-order valence-electron chi connectivity index (χ0n) is 14.0. The van der Waals surface area contributed by atoms with Gasteiger partial charge in [-0.05, 0) is 25.0 Å². The van der Waals surface area contributed by atoms with E-state index in [0.29, 0.717) is 30.3 Å². The molecule has 134 valence electrons. The second kappa shape index (κ2) is 7.77. The number of aliphatic hydroxyl groups is 1. The maximum absolute atomic E-state index is 13.0. The highest BCUT2D eigenvalue weighted by molar-refractivity contribution is 7.89. The quantitative estimate of drug-likeness (QED) is 0.823. The van der Waals surface area contributed by atoms with E-state index in [1.165, 1.54) is 0 Å². The van der Waals surface area contributed by atoms with E-state index < -0.39 is 10.0 Å². The number of β-amino-alcohol motifs (C(OH)–C–C–N with tert-alkyl or cyclic N) is 1. The minimum absolute atomic E-state index is 0.151. The van der Waals surface area contributed by atoms with Crippen LogP contribution in [0.15, 0.2) is 23.2 Å². The molecule has 3 heterocycles. The van der Waals surface area contributed by atoms with Gasteiger partial charge in [-0.25, -0.2) is 13.4 Å². The molecule has 0 radical (unpaired) electrons. The third kappa shape index (κ3) is 3.72. The van der Waals surface area contributed by atoms with E-state index in [9.17, 15) is 8.42 Å².